The summed E-state index contributed by atoms with van der Waals surface area (Å²) in [6.07, 6.45) is 0. The molecule has 5 heteroatoms. The normalized spacial score (nSPS) is 10.7. The van der Waals surface area contributed by atoms with Crippen LogP contribution in [0.5, 0.6) is 0 Å². The molecule has 1 atom stereocenters. The van der Waals surface area contributed by atoms with Crippen LogP contribution in [0.4, 0.5) is 4.39 Å². The fourth-order valence-corrected chi connectivity index (χ4v) is 0.894. The quantitative estimate of drug-likeness (QED) is 0.601. The van der Waals surface area contributed by atoms with Crippen LogP contribution >= 0.6 is 0 Å². The number of hydrogen-bond acceptors (Lipinski definition) is 2. The molecule has 0 aliphatic heterocycles. The van der Waals surface area contributed by atoms with Crippen molar-refractivity contribution in [1.82, 2.24) is 0 Å². The summed E-state index contributed by atoms with van der Waals surface area (Å²) in [6, 6.07) is 5.48. The predicted octanol–water partition coefficient (Wildman–Crippen LogP) is -1.16. The van der Waals surface area contributed by atoms with Crippen LogP contribution in [0.3, 0.4) is 0 Å². The van der Waals surface area contributed by atoms with Crippen LogP contribution in [0, 0.1) is 5.82 Å². The number of benzene rings is 1. The van der Waals surface area contributed by atoms with Gasteiger partial charge in [0.1, 0.15) is 5.82 Å². The summed E-state index contributed by atoms with van der Waals surface area (Å²) in [6.45, 7) is 1.57. The van der Waals surface area contributed by atoms with Crippen LogP contribution in [0.15, 0.2) is 24.3 Å². The Hall–Kier alpha value is -0.823. The zero-order valence-corrected chi connectivity index (χ0v) is 8.07. The van der Waals surface area contributed by atoms with Crippen LogP contribution < -0.4 is 18.9 Å². The second-order valence-corrected chi connectivity index (χ2v) is 2.61. The van der Waals surface area contributed by atoms with Gasteiger partial charge in [-0.05, 0) is 24.6 Å². The Morgan fingerprint density at radius 3 is 2.14 bits per heavy atom. The Labute approximate surface area is 93.4 Å². The second kappa shape index (κ2) is 6.60. The monoisotopic (exact) mass is 192 g/mol. The van der Waals surface area contributed by atoms with Crippen molar-refractivity contribution in [2.24, 2.45) is 0 Å². The number of halogens is 1. The molecule has 0 saturated carbocycles. The molecule has 0 aliphatic carbocycles. The van der Waals surface area contributed by atoms with Gasteiger partial charge in [-0.2, -0.15) is 0 Å². The molecule has 0 spiro atoms. The maximum Gasteiger partial charge on any atom is 1.00 e. The molecule has 1 aromatic rings. The third-order valence-corrected chi connectivity index (χ3v) is 1.74. The Morgan fingerprint density at radius 1 is 1.36 bits per heavy atom. The van der Waals surface area contributed by atoms with Crippen molar-refractivity contribution in [3.63, 3.8) is 0 Å². The summed E-state index contributed by atoms with van der Waals surface area (Å²) in [7, 11) is 0. The first-order valence-corrected chi connectivity index (χ1v) is 3.59. The minimum atomic E-state index is -0.901. The van der Waals surface area contributed by atoms with E-state index >= 15 is 0 Å². The van der Waals surface area contributed by atoms with Crippen molar-refractivity contribution in [3.05, 3.63) is 35.6 Å². The van der Waals surface area contributed by atoms with E-state index in [0.29, 0.717) is 5.56 Å². The van der Waals surface area contributed by atoms with Gasteiger partial charge in [-0.15, -0.1) is 0 Å². The molecule has 1 rings (SSSR count). The number of carboxylic acid groups (broad SMARTS) is 1. The van der Waals surface area contributed by atoms with Crippen molar-refractivity contribution >= 4 is 5.97 Å². The minimum absolute atomic E-state index is 0. The fraction of sp³-hybridized carbons (Fsp3) is 0.222. The molecular weight excluding hydrogens is 182 g/mol. The van der Waals surface area contributed by atoms with Crippen LogP contribution in [-0.4, -0.2) is 16.6 Å². The average Bonchev–Trinajstić information content (AvgIpc) is 2.04. The Bertz CT molecular complexity index is 287. The van der Waals surface area contributed by atoms with E-state index in [9.17, 15) is 9.18 Å². The van der Waals surface area contributed by atoms with Crippen molar-refractivity contribution in [3.8, 4) is 0 Å². The Morgan fingerprint density at radius 2 is 1.79 bits per heavy atom. The van der Waals surface area contributed by atoms with E-state index in [1.54, 1.807) is 6.92 Å². The zero-order valence-electron chi connectivity index (χ0n) is 8.07. The van der Waals surface area contributed by atoms with Gasteiger partial charge in [-0.25, -0.2) is 4.39 Å². The molecule has 3 nitrogen and oxygen atoms in total. The summed E-state index contributed by atoms with van der Waals surface area (Å²) < 4.78 is 12.4. The van der Waals surface area contributed by atoms with E-state index in [4.69, 9.17) is 5.11 Å². The van der Waals surface area contributed by atoms with Crippen molar-refractivity contribution in [2.45, 2.75) is 12.8 Å². The molecule has 0 bridgehead atoms. The molecule has 0 aliphatic rings. The largest absolute Gasteiger partial charge is 1.00 e. The molecule has 0 saturated heterocycles. The van der Waals surface area contributed by atoms with Crippen molar-refractivity contribution in [1.29, 1.82) is 0 Å². The summed E-state index contributed by atoms with van der Waals surface area (Å²) in [5.41, 5.74) is 0.615. The molecule has 0 aromatic heterocycles. The van der Waals surface area contributed by atoms with E-state index in [-0.39, 0.29) is 30.2 Å². The molecule has 1 aromatic carbocycles. The van der Waals surface area contributed by atoms with Gasteiger partial charge in [0.15, 0.2) is 0 Å². The molecular formula is C9H10FLiO3. The summed E-state index contributed by atoms with van der Waals surface area (Å²) in [5, 5.41) is 8.61. The van der Waals surface area contributed by atoms with Crippen molar-refractivity contribution in [2.75, 3.05) is 0 Å². The molecule has 0 fully saturated rings. The first kappa shape index (κ1) is 15.6. The number of hydrogen-bond donors (Lipinski definition) is 1. The SMILES string of the molecule is C[C@H](C(=O)O)c1ccc(F)cc1.[Li+].[OH-]. The first-order valence-electron chi connectivity index (χ1n) is 3.59. The number of rotatable bonds is 2. The van der Waals surface area contributed by atoms with Gasteiger partial charge in [0, 0.05) is 0 Å². The van der Waals surface area contributed by atoms with Gasteiger partial charge >= 0.3 is 24.8 Å². The number of carbonyl (C=O) groups is 1. The minimum Gasteiger partial charge on any atom is -0.870 e. The van der Waals surface area contributed by atoms with E-state index in [1.165, 1.54) is 24.3 Å². The van der Waals surface area contributed by atoms with Crippen LogP contribution in [0.25, 0.3) is 0 Å². The van der Waals surface area contributed by atoms with Gasteiger partial charge in [0.2, 0.25) is 0 Å². The van der Waals surface area contributed by atoms with Crippen LogP contribution in [-0.2, 0) is 4.79 Å². The van der Waals surface area contributed by atoms with Gasteiger partial charge in [0.05, 0.1) is 5.92 Å². The second-order valence-electron chi connectivity index (χ2n) is 2.61. The fourth-order valence-electron chi connectivity index (χ4n) is 0.894. The predicted molar refractivity (Wildman–Crippen MR) is 44.4 cm³/mol. The zero-order chi connectivity index (χ0) is 9.14. The Kier molecular flexibility index (Phi) is 7.38. The summed E-state index contributed by atoms with van der Waals surface area (Å²) in [4.78, 5) is 10.5. The molecule has 0 radical (unpaired) electrons. The smallest absolute Gasteiger partial charge is 0.870 e. The van der Waals surface area contributed by atoms with E-state index in [0.717, 1.165) is 0 Å². The molecule has 2 N–H and O–H groups in total. The maximum absolute atomic E-state index is 12.4. The van der Waals surface area contributed by atoms with Crippen LogP contribution in [0.2, 0.25) is 0 Å². The standard InChI is InChI=1S/C9H9FO2.Li.H2O/c1-6(9(11)12)7-2-4-8(10)5-3-7;;/h2-6H,1H3,(H,11,12);;1H2/q;+1;/p-1/t6-;;/m0../s1. The molecule has 0 unspecified atom stereocenters. The molecule has 72 valence electrons. The number of aliphatic carboxylic acids is 1. The maximum atomic E-state index is 12.4. The van der Waals surface area contributed by atoms with E-state index < -0.39 is 11.9 Å². The third kappa shape index (κ3) is 3.92. The summed E-state index contributed by atoms with van der Waals surface area (Å²) >= 11 is 0. The number of carboxylic acids is 1. The molecule has 0 heterocycles. The summed E-state index contributed by atoms with van der Waals surface area (Å²) in [5.74, 6) is -1.83. The molecule has 14 heavy (non-hydrogen) atoms. The first-order chi connectivity index (χ1) is 5.61. The topological polar surface area (TPSA) is 67.3 Å². The Balaban J connectivity index is 0. The van der Waals surface area contributed by atoms with Crippen molar-refractivity contribution < 1.29 is 38.6 Å². The van der Waals surface area contributed by atoms with E-state index in [2.05, 4.69) is 0 Å². The van der Waals surface area contributed by atoms with Crippen LogP contribution in [0.1, 0.15) is 18.4 Å². The van der Waals surface area contributed by atoms with E-state index in [1.807, 2.05) is 0 Å². The average molecular weight is 192 g/mol. The van der Waals surface area contributed by atoms with Gasteiger partial charge in [0.25, 0.3) is 0 Å². The third-order valence-electron chi connectivity index (χ3n) is 1.74. The van der Waals surface area contributed by atoms with Gasteiger partial charge in [-0.3, -0.25) is 4.79 Å². The molecule has 0 amide bonds. The van der Waals surface area contributed by atoms with Gasteiger partial charge in [-0.1, -0.05) is 12.1 Å². The van der Waals surface area contributed by atoms with Gasteiger partial charge < -0.3 is 10.6 Å².